The maximum absolute atomic E-state index is 12.4. The maximum Gasteiger partial charge on any atom is 0.315 e. The number of urea groups is 1. The van der Waals surface area contributed by atoms with Gasteiger partial charge in [0.15, 0.2) is 0 Å². The molecule has 0 aromatic carbocycles. The highest BCUT2D eigenvalue weighted by Gasteiger charge is 2.65. The predicted molar refractivity (Wildman–Crippen MR) is 86.9 cm³/mol. The van der Waals surface area contributed by atoms with Crippen LogP contribution in [-0.2, 0) is 11.3 Å². The summed E-state index contributed by atoms with van der Waals surface area (Å²) in [5.74, 6) is 0.516. The van der Waals surface area contributed by atoms with E-state index < -0.39 is 0 Å². The van der Waals surface area contributed by atoms with Gasteiger partial charge in [0.25, 0.3) is 0 Å². The number of carbonyl (C=O) groups excluding carboxylic acids is 1. The second-order valence-corrected chi connectivity index (χ2v) is 7.29. The zero-order valence-electron chi connectivity index (χ0n) is 13.7. The van der Waals surface area contributed by atoms with Crippen LogP contribution in [0.5, 0.6) is 0 Å². The highest BCUT2D eigenvalue weighted by atomic mass is 16.5. The van der Waals surface area contributed by atoms with Crippen molar-refractivity contribution in [1.29, 1.82) is 0 Å². The van der Waals surface area contributed by atoms with Crippen LogP contribution in [0.3, 0.4) is 0 Å². The standard InChI is InChI=1S/C18H25N3O2/c1-12-10-13(4-8-19-12)11-20-17(22)21-15-14-5-9-23-16(14)18(15)6-2-3-7-18/h4,8,10,14-16H,2-3,5-7,9,11H2,1H3,(H2,20,21,22). The van der Waals surface area contributed by atoms with Crippen LogP contribution in [0.2, 0.25) is 0 Å². The summed E-state index contributed by atoms with van der Waals surface area (Å²) < 4.78 is 5.97. The van der Waals surface area contributed by atoms with Gasteiger partial charge in [0.2, 0.25) is 0 Å². The van der Waals surface area contributed by atoms with Crippen molar-refractivity contribution in [3.05, 3.63) is 29.6 Å². The summed E-state index contributed by atoms with van der Waals surface area (Å²) in [5.41, 5.74) is 2.27. The van der Waals surface area contributed by atoms with E-state index in [0.717, 1.165) is 24.3 Å². The number of hydrogen-bond acceptors (Lipinski definition) is 3. The first-order valence-corrected chi connectivity index (χ1v) is 8.76. The molecule has 5 heteroatoms. The normalized spacial score (nSPS) is 30.7. The molecule has 4 rings (SSSR count). The van der Waals surface area contributed by atoms with Crippen LogP contribution in [0.1, 0.15) is 43.4 Å². The molecule has 0 bridgehead atoms. The Morgan fingerprint density at radius 2 is 2.26 bits per heavy atom. The number of aromatic nitrogens is 1. The lowest BCUT2D eigenvalue weighted by molar-refractivity contribution is -0.126. The third kappa shape index (κ3) is 2.51. The molecule has 1 spiro atoms. The number of amides is 2. The van der Waals surface area contributed by atoms with Crippen LogP contribution in [0.15, 0.2) is 18.3 Å². The lowest BCUT2D eigenvalue weighted by atomic mass is 9.54. The average molecular weight is 315 g/mol. The number of nitrogens with one attached hydrogen (secondary N) is 2. The topological polar surface area (TPSA) is 63.2 Å². The number of aryl methyl sites for hydroxylation is 1. The molecule has 3 fully saturated rings. The number of fused-ring (bicyclic) bond motifs is 2. The van der Waals surface area contributed by atoms with E-state index in [1.54, 1.807) is 6.20 Å². The molecular formula is C18H25N3O2. The quantitative estimate of drug-likeness (QED) is 0.901. The summed E-state index contributed by atoms with van der Waals surface area (Å²) in [6.45, 7) is 3.36. The van der Waals surface area contributed by atoms with E-state index in [-0.39, 0.29) is 17.5 Å². The van der Waals surface area contributed by atoms with E-state index in [1.807, 2.05) is 19.1 Å². The van der Waals surface area contributed by atoms with Gasteiger partial charge in [-0.1, -0.05) is 12.8 Å². The summed E-state index contributed by atoms with van der Waals surface area (Å²) >= 11 is 0. The molecule has 23 heavy (non-hydrogen) atoms. The van der Waals surface area contributed by atoms with Crippen LogP contribution in [0.25, 0.3) is 0 Å². The lowest BCUT2D eigenvalue weighted by Gasteiger charge is -2.56. The third-order valence-electron chi connectivity index (χ3n) is 5.99. The molecule has 1 aromatic heterocycles. The molecule has 124 valence electrons. The van der Waals surface area contributed by atoms with Crippen molar-refractivity contribution in [3.8, 4) is 0 Å². The Kier molecular flexibility index (Phi) is 3.76. The summed E-state index contributed by atoms with van der Waals surface area (Å²) in [7, 11) is 0. The van der Waals surface area contributed by atoms with Gasteiger partial charge in [0, 0.05) is 42.4 Å². The third-order valence-corrected chi connectivity index (χ3v) is 5.99. The minimum Gasteiger partial charge on any atom is -0.377 e. The molecule has 0 radical (unpaired) electrons. The van der Waals surface area contributed by atoms with Gasteiger partial charge in [0.05, 0.1) is 6.10 Å². The van der Waals surface area contributed by atoms with Crippen LogP contribution >= 0.6 is 0 Å². The molecule has 2 saturated carbocycles. The average Bonchev–Trinajstić information content (AvgIpc) is 3.19. The second kappa shape index (κ2) is 5.78. The zero-order chi connectivity index (χ0) is 15.9. The van der Waals surface area contributed by atoms with Crippen molar-refractivity contribution in [1.82, 2.24) is 15.6 Å². The molecule has 5 nitrogen and oxygen atoms in total. The van der Waals surface area contributed by atoms with Gasteiger partial charge < -0.3 is 15.4 Å². The van der Waals surface area contributed by atoms with Crippen molar-refractivity contribution in [3.63, 3.8) is 0 Å². The number of ether oxygens (including phenoxy) is 1. The molecule has 3 atom stereocenters. The fourth-order valence-corrected chi connectivity index (χ4v) is 4.99. The molecule has 2 aliphatic carbocycles. The SMILES string of the molecule is Cc1cc(CNC(=O)NC2C3CCOC3C23CCCC3)ccn1. The second-order valence-electron chi connectivity index (χ2n) is 7.29. The van der Waals surface area contributed by atoms with Gasteiger partial charge in [-0.05, 0) is 43.9 Å². The molecular weight excluding hydrogens is 290 g/mol. The Balaban J connectivity index is 1.36. The minimum atomic E-state index is -0.0545. The molecule has 2 N–H and O–H groups in total. The largest absolute Gasteiger partial charge is 0.377 e. The van der Waals surface area contributed by atoms with E-state index in [2.05, 4.69) is 15.6 Å². The van der Waals surface area contributed by atoms with Gasteiger partial charge >= 0.3 is 6.03 Å². The molecule has 1 saturated heterocycles. The van der Waals surface area contributed by atoms with E-state index in [4.69, 9.17) is 4.74 Å². The van der Waals surface area contributed by atoms with E-state index in [9.17, 15) is 4.79 Å². The molecule has 3 aliphatic rings. The Labute approximate surface area is 137 Å². The van der Waals surface area contributed by atoms with Crippen LogP contribution in [0.4, 0.5) is 4.79 Å². The van der Waals surface area contributed by atoms with Crippen molar-refractivity contribution in [2.75, 3.05) is 6.61 Å². The number of pyridine rings is 1. The van der Waals surface area contributed by atoms with Gasteiger partial charge in [-0.2, -0.15) is 0 Å². The monoisotopic (exact) mass is 315 g/mol. The van der Waals surface area contributed by atoms with E-state index in [0.29, 0.717) is 18.6 Å². The van der Waals surface area contributed by atoms with Crippen LogP contribution in [-0.4, -0.2) is 29.8 Å². The smallest absolute Gasteiger partial charge is 0.315 e. The first kappa shape index (κ1) is 14.9. The number of nitrogens with zero attached hydrogens (tertiary/aromatic N) is 1. The molecule has 1 aliphatic heterocycles. The van der Waals surface area contributed by atoms with Gasteiger partial charge in [-0.3, -0.25) is 4.98 Å². The number of hydrogen-bond donors (Lipinski definition) is 2. The van der Waals surface area contributed by atoms with E-state index in [1.165, 1.54) is 25.7 Å². The first-order valence-electron chi connectivity index (χ1n) is 8.76. The van der Waals surface area contributed by atoms with Crippen molar-refractivity contribution < 1.29 is 9.53 Å². The van der Waals surface area contributed by atoms with Crippen molar-refractivity contribution >= 4 is 6.03 Å². The highest BCUT2D eigenvalue weighted by molar-refractivity contribution is 5.74. The lowest BCUT2D eigenvalue weighted by Crippen LogP contribution is -2.69. The minimum absolute atomic E-state index is 0.0545. The Hall–Kier alpha value is -1.62. The van der Waals surface area contributed by atoms with Crippen LogP contribution in [0, 0.1) is 18.3 Å². The van der Waals surface area contributed by atoms with E-state index >= 15 is 0 Å². The van der Waals surface area contributed by atoms with Crippen molar-refractivity contribution in [2.45, 2.75) is 57.7 Å². The maximum atomic E-state index is 12.4. The number of carbonyl (C=O) groups is 1. The summed E-state index contributed by atoms with van der Waals surface area (Å²) in [6, 6.07) is 4.18. The zero-order valence-corrected chi connectivity index (χ0v) is 13.7. The van der Waals surface area contributed by atoms with Gasteiger partial charge in [-0.25, -0.2) is 4.79 Å². The van der Waals surface area contributed by atoms with Crippen molar-refractivity contribution in [2.24, 2.45) is 11.3 Å². The van der Waals surface area contributed by atoms with Gasteiger partial charge in [-0.15, -0.1) is 0 Å². The highest BCUT2D eigenvalue weighted by Crippen LogP contribution is 2.60. The first-order chi connectivity index (χ1) is 11.2. The fourth-order valence-electron chi connectivity index (χ4n) is 4.99. The molecule has 1 aromatic rings. The summed E-state index contributed by atoms with van der Waals surface area (Å²) in [5, 5.41) is 6.25. The summed E-state index contributed by atoms with van der Waals surface area (Å²) in [4.78, 5) is 16.5. The Morgan fingerprint density at radius 3 is 3.04 bits per heavy atom. The fraction of sp³-hybridized carbons (Fsp3) is 0.667. The van der Waals surface area contributed by atoms with Crippen LogP contribution < -0.4 is 10.6 Å². The molecule has 2 amide bonds. The number of rotatable bonds is 3. The Bertz CT molecular complexity index is 598. The predicted octanol–water partition coefficient (Wildman–Crippen LogP) is 2.54. The molecule has 2 heterocycles. The molecule has 3 unspecified atom stereocenters. The Morgan fingerprint density at radius 1 is 1.43 bits per heavy atom. The summed E-state index contributed by atoms with van der Waals surface area (Å²) in [6.07, 6.45) is 8.18. The van der Waals surface area contributed by atoms with Gasteiger partial charge in [0.1, 0.15) is 0 Å².